The van der Waals surface area contributed by atoms with E-state index in [4.69, 9.17) is 4.74 Å². The van der Waals surface area contributed by atoms with E-state index in [1.54, 1.807) is 4.90 Å². The Morgan fingerprint density at radius 2 is 1.68 bits per heavy atom. The van der Waals surface area contributed by atoms with E-state index in [1.807, 2.05) is 42.5 Å². The van der Waals surface area contributed by atoms with Crippen molar-refractivity contribution in [1.29, 1.82) is 0 Å². The Labute approximate surface area is 166 Å². The van der Waals surface area contributed by atoms with Gasteiger partial charge in [0.15, 0.2) is 0 Å². The lowest BCUT2D eigenvalue weighted by atomic mass is 9.97. The lowest BCUT2D eigenvalue weighted by Gasteiger charge is -2.31. The largest absolute Gasteiger partial charge is 0.461 e. The van der Waals surface area contributed by atoms with Crippen LogP contribution in [0.15, 0.2) is 54.6 Å². The molecule has 1 heterocycles. The lowest BCUT2D eigenvalue weighted by molar-refractivity contribution is -0.151. The number of esters is 1. The molecule has 3 rings (SSSR count). The van der Waals surface area contributed by atoms with Crippen LogP contribution >= 0.6 is 0 Å². The number of carbonyl (C=O) groups is 2. The minimum absolute atomic E-state index is 0.122. The highest BCUT2D eigenvalue weighted by molar-refractivity contribution is 5.89. The first kappa shape index (κ1) is 19.9. The molecule has 0 bridgehead atoms. The molecule has 0 spiro atoms. The van der Waals surface area contributed by atoms with Gasteiger partial charge in [0.05, 0.1) is 5.92 Å². The summed E-state index contributed by atoms with van der Waals surface area (Å²) in [5, 5.41) is 2.89. The molecule has 0 aliphatic carbocycles. The number of nitrogens with one attached hydrogen (secondary N) is 1. The topological polar surface area (TPSA) is 58.6 Å². The highest BCUT2D eigenvalue weighted by Crippen LogP contribution is 2.21. The molecule has 0 radical (unpaired) electrons. The van der Waals surface area contributed by atoms with Crippen molar-refractivity contribution in [3.63, 3.8) is 0 Å². The maximum Gasteiger partial charge on any atom is 0.321 e. The molecule has 0 atom stereocenters. The molecular formula is C23H28N2O3. The van der Waals surface area contributed by atoms with Crippen LogP contribution in [-0.4, -0.2) is 30.0 Å². The summed E-state index contributed by atoms with van der Waals surface area (Å²) < 4.78 is 5.50. The number of hydrogen-bond donors (Lipinski definition) is 1. The summed E-state index contributed by atoms with van der Waals surface area (Å²) >= 11 is 0. The summed E-state index contributed by atoms with van der Waals surface area (Å²) in [6.07, 6.45) is 1.26. The van der Waals surface area contributed by atoms with Crippen molar-refractivity contribution in [2.45, 2.75) is 39.2 Å². The highest BCUT2D eigenvalue weighted by atomic mass is 16.5. The van der Waals surface area contributed by atoms with Crippen molar-refractivity contribution in [2.24, 2.45) is 5.92 Å². The van der Waals surface area contributed by atoms with Gasteiger partial charge in [-0.15, -0.1) is 0 Å². The smallest absolute Gasteiger partial charge is 0.321 e. The fourth-order valence-electron chi connectivity index (χ4n) is 3.31. The third-order valence-corrected chi connectivity index (χ3v) is 5.17. The summed E-state index contributed by atoms with van der Waals surface area (Å²) in [4.78, 5) is 26.5. The van der Waals surface area contributed by atoms with E-state index in [0.29, 0.717) is 38.5 Å². The van der Waals surface area contributed by atoms with Crippen molar-refractivity contribution in [3.05, 3.63) is 65.7 Å². The number of hydrogen-bond acceptors (Lipinski definition) is 3. The van der Waals surface area contributed by atoms with Gasteiger partial charge in [0.25, 0.3) is 0 Å². The number of rotatable bonds is 5. The van der Waals surface area contributed by atoms with Gasteiger partial charge in [0.2, 0.25) is 0 Å². The standard InChI is InChI=1S/C23H28N2O3/c1-17(2)19-10-8-18(9-11-19)16-28-22(26)20-12-14-25(15-13-20)23(27)24-21-6-4-3-5-7-21/h3-11,17,20H,12-16H2,1-2H3,(H,24,27). The molecule has 5 nitrogen and oxygen atoms in total. The zero-order chi connectivity index (χ0) is 19.9. The van der Waals surface area contributed by atoms with Gasteiger partial charge >= 0.3 is 12.0 Å². The van der Waals surface area contributed by atoms with E-state index in [1.165, 1.54) is 5.56 Å². The second-order valence-electron chi connectivity index (χ2n) is 7.56. The van der Waals surface area contributed by atoms with Crippen molar-refractivity contribution >= 4 is 17.7 Å². The minimum atomic E-state index is -0.170. The molecule has 0 unspecified atom stereocenters. The van der Waals surface area contributed by atoms with Gasteiger partial charge in [0.1, 0.15) is 6.61 Å². The van der Waals surface area contributed by atoms with Crippen molar-refractivity contribution in [1.82, 2.24) is 4.90 Å². The zero-order valence-electron chi connectivity index (χ0n) is 16.6. The molecule has 1 fully saturated rings. The van der Waals surface area contributed by atoms with Gasteiger partial charge < -0.3 is 15.0 Å². The van der Waals surface area contributed by atoms with Crippen LogP contribution in [-0.2, 0) is 16.1 Å². The Hall–Kier alpha value is -2.82. The Bertz CT molecular complexity index is 779. The monoisotopic (exact) mass is 380 g/mol. The predicted octanol–water partition coefficient (Wildman–Crippen LogP) is 4.80. The molecule has 2 aromatic carbocycles. The second kappa shape index (κ2) is 9.40. The van der Waals surface area contributed by atoms with Gasteiger partial charge in [0, 0.05) is 18.8 Å². The number of carbonyl (C=O) groups excluding carboxylic acids is 2. The van der Waals surface area contributed by atoms with Gasteiger partial charge in [-0.25, -0.2) is 4.79 Å². The van der Waals surface area contributed by atoms with E-state index in [9.17, 15) is 9.59 Å². The zero-order valence-corrected chi connectivity index (χ0v) is 16.6. The number of ether oxygens (including phenoxy) is 1. The summed E-state index contributed by atoms with van der Waals surface area (Å²) in [5.41, 5.74) is 3.05. The molecule has 0 saturated carbocycles. The lowest BCUT2D eigenvalue weighted by Crippen LogP contribution is -2.42. The van der Waals surface area contributed by atoms with Gasteiger partial charge in [-0.05, 0) is 42.0 Å². The summed E-state index contributed by atoms with van der Waals surface area (Å²) in [6, 6.07) is 17.5. The third-order valence-electron chi connectivity index (χ3n) is 5.17. The van der Waals surface area contributed by atoms with E-state index >= 15 is 0 Å². The van der Waals surface area contributed by atoms with Gasteiger partial charge in [-0.3, -0.25) is 4.79 Å². The molecule has 2 aromatic rings. The number of piperidine rings is 1. The van der Waals surface area contributed by atoms with Crippen LogP contribution in [0.25, 0.3) is 0 Å². The number of para-hydroxylation sites is 1. The number of urea groups is 1. The van der Waals surface area contributed by atoms with E-state index < -0.39 is 0 Å². The fourth-order valence-corrected chi connectivity index (χ4v) is 3.31. The number of anilines is 1. The Morgan fingerprint density at radius 1 is 1.04 bits per heavy atom. The maximum absolute atomic E-state index is 12.4. The molecule has 5 heteroatoms. The van der Waals surface area contributed by atoms with Gasteiger partial charge in [-0.1, -0.05) is 56.3 Å². The molecule has 0 aromatic heterocycles. The van der Waals surface area contributed by atoms with Crippen molar-refractivity contribution in [3.8, 4) is 0 Å². The first-order valence-corrected chi connectivity index (χ1v) is 9.89. The summed E-state index contributed by atoms with van der Waals surface area (Å²) in [5.74, 6) is 0.174. The van der Waals surface area contributed by atoms with E-state index in [2.05, 4.69) is 31.3 Å². The second-order valence-corrected chi connectivity index (χ2v) is 7.56. The number of nitrogens with zero attached hydrogens (tertiary/aromatic N) is 1. The fraction of sp³-hybridized carbons (Fsp3) is 0.391. The average Bonchev–Trinajstić information content (AvgIpc) is 2.73. The number of likely N-dealkylation sites (tertiary alicyclic amines) is 1. The average molecular weight is 380 g/mol. The van der Waals surface area contributed by atoms with E-state index in [-0.39, 0.29) is 17.9 Å². The quantitative estimate of drug-likeness (QED) is 0.758. The van der Waals surface area contributed by atoms with Crippen LogP contribution < -0.4 is 5.32 Å². The Kier molecular flexibility index (Phi) is 6.69. The van der Waals surface area contributed by atoms with Crippen LogP contribution in [0.4, 0.5) is 10.5 Å². The molecule has 1 saturated heterocycles. The molecule has 28 heavy (non-hydrogen) atoms. The number of benzene rings is 2. The van der Waals surface area contributed by atoms with E-state index in [0.717, 1.165) is 11.3 Å². The molecule has 1 aliphatic heterocycles. The Balaban J connectivity index is 1.42. The van der Waals surface area contributed by atoms with Crippen molar-refractivity contribution < 1.29 is 14.3 Å². The van der Waals surface area contributed by atoms with Crippen LogP contribution in [0, 0.1) is 5.92 Å². The maximum atomic E-state index is 12.4. The van der Waals surface area contributed by atoms with Crippen LogP contribution in [0.1, 0.15) is 43.7 Å². The van der Waals surface area contributed by atoms with Gasteiger partial charge in [-0.2, -0.15) is 0 Å². The molecular weight excluding hydrogens is 352 g/mol. The minimum Gasteiger partial charge on any atom is -0.461 e. The normalized spacial score (nSPS) is 14.8. The van der Waals surface area contributed by atoms with Crippen molar-refractivity contribution in [2.75, 3.05) is 18.4 Å². The van der Waals surface area contributed by atoms with Crippen LogP contribution in [0.5, 0.6) is 0 Å². The van der Waals surface area contributed by atoms with Crippen LogP contribution in [0.2, 0.25) is 0 Å². The number of amides is 2. The first-order valence-electron chi connectivity index (χ1n) is 9.89. The third kappa shape index (κ3) is 5.35. The summed E-state index contributed by atoms with van der Waals surface area (Å²) in [7, 11) is 0. The first-order chi connectivity index (χ1) is 13.5. The molecule has 1 aliphatic rings. The molecule has 1 N–H and O–H groups in total. The molecule has 148 valence electrons. The Morgan fingerprint density at radius 3 is 2.29 bits per heavy atom. The molecule has 2 amide bonds. The predicted molar refractivity (Wildman–Crippen MR) is 110 cm³/mol. The summed E-state index contributed by atoms with van der Waals surface area (Å²) in [6.45, 7) is 5.72. The van der Waals surface area contributed by atoms with Crippen LogP contribution in [0.3, 0.4) is 0 Å². The SMILES string of the molecule is CC(C)c1ccc(COC(=O)C2CCN(C(=O)Nc3ccccc3)CC2)cc1. The highest BCUT2D eigenvalue weighted by Gasteiger charge is 2.28.